The second kappa shape index (κ2) is 10.5. The highest BCUT2D eigenvalue weighted by Gasteiger charge is 2.28. The van der Waals surface area contributed by atoms with E-state index in [1.165, 1.54) is 0 Å². The molecule has 32 heavy (non-hydrogen) atoms. The van der Waals surface area contributed by atoms with Gasteiger partial charge in [0.25, 0.3) is 11.8 Å². The van der Waals surface area contributed by atoms with E-state index in [1.807, 2.05) is 56.3 Å². The Balaban J connectivity index is 1.50. The van der Waals surface area contributed by atoms with Crippen molar-refractivity contribution in [1.82, 2.24) is 9.80 Å². The summed E-state index contributed by atoms with van der Waals surface area (Å²) in [6.07, 6.45) is -0.579. The average Bonchev–Trinajstić information content (AvgIpc) is 2.79. The highest BCUT2D eigenvalue weighted by atomic mass is 16.5. The number of hydrogen-bond acceptors (Lipinski definition) is 4. The maximum Gasteiger partial charge on any atom is 0.263 e. The number of carbonyl (C=O) groups excluding carboxylic acids is 2. The minimum Gasteiger partial charge on any atom is -0.483 e. The third kappa shape index (κ3) is 5.61. The summed E-state index contributed by atoms with van der Waals surface area (Å²) >= 11 is 0. The fourth-order valence-electron chi connectivity index (χ4n) is 3.85. The Morgan fingerprint density at radius 2 is 1.50 bits per heavy atom. The molecule has 0 aromatic heterocycles. The van der Waals surface area contributed by atoms with E-state index >= 15 is 0 Å². The van der Waals surface area contributed by atoms with Gasteiger partial charge in [-0.05, 0) is 55.5 Å². The van der Waals surface area contributed by atoms with Crippen LogP contribution >= 0.6 is 0 Å². The lowest BCUT2D eigenvalue weighted by Crippen LogP contribution is -2.54. The molecule has 0 bridgehead atoms. The number of nitrogens with zero attached hydrogens (tertiary/aromatic N) is 2. The molecule has 1 saturated heterocycles. The van der Waals surface area contributed by atoms with Crippen LogP contribution in [0.2, 0.25) is 0 Å². The molecule has 2 aromatic rings. The van der Waals surface area contributed by atoms with Crippen LogP contribution in [0.1, 0.15) is 43.4 Å². The number of carbonyl (C=O) groups is 2. The first-order chi connectivity index (χ1) is 15.3. The molecular formula is C26H34N2O4. The van der Waals surface area contributed by atoms with Gasteiger partial charge in [-0.15, -0.1) is 0 Å². The first-order valence-corrected chi connectivity index (χ1v) is 11.3. The minimum atomic E-state index is -0.579. The Kier molecular flexibility index (Phi) is 7.78. The molecule has 0 N–H and O–H groups in total. The standard InChI is InChI=1S/C26H34N2O4/c1-18(2)22-10-6-7-11-24(22)32-21(5)26(30)28-15-13-27(14-16-28)25(29)17-31-23-12-8-9-19(3)20(23)4/h6-12,18,21H,13-17H2,1-5H3. The molecule has 0 aliphatic carbocycles. The molecule has 1 fully saturated rings. The highest BCUT2D eigenvalue weighted by molar-refractivity contribution is 5.82. The summed E-state index contributed by atoms with van der Waals surface area (Å²) in [5.74, 6) is 1.69. The van der Waals surface area contributed by atoms with Gasteiger partial charge in [0.05, 0.1) is 0 Å². The highest BCUT2D eigenvalue weighted by Crippen LogP contribution is 2.27. The van der Waals surface area contributed by atoms with E-state index in [0.29, 0.717) is 32.1 Å². The minimum absolute atomic E-state index is 0.00371. The molecule has 0 radical (unpaired) electrons. The lowest BCUT2D eigenvalue weighted by Gasteiger charge is -2.36. The summed E-state index contributed by atoms with van der Waals surface area (Å²) < 4.78 is 11.8. The predicted molar refractivity (Wildman–Crippen MR) is 125 cm³/mol. The van der Waals surface area contributed by atoms with Crippen LogP contribution in [0, 0.1) is 13.8 Å². The van der Waals surface area contributed by atoms with Crippen molar-refractivity contribution < 1.29 is 19.1 Å². The maximum absolute atomic E-state index is 12.9. The van der Waals surface area contributed by atoms with Crippen molar-refractivity contribution in [2.45, 2.75) is 46.6 Å². The number of para-hydroxylation sites is 1. The van der Waals surface area contributed by atoms with Gasteiger partial charge >= 0.3 is 0 Å². The van der Waals surface area contributed by atoms with Gasteiger partial charge in [-0.2, -0.15) is 0 Å². The first-order valence-electron chi connectivity index (χ1n) is 11.3. The molecule has 6 heteroatoms. The van der Waals surface area contributed by atoms with Crippen LogP contribution in [0.3, 0.4) is 0 Å². The van der Waals surface area contributed by atoms with E-state index in [-0.39, 0.29) is 18.4 Å². The number of aryl methyl sites for hydroxylation is 1. The molecule has 2 amide bonds. The molecule has 1 heterocycles. The van der Waals surface area contributed by atoms with Crippen molar-refractivity contribution in [1.29, 1.82) is 0 Å². The number of ether oxygens (including phenoxy) is 2. The fraction of sp³-hybridized carbons (Fsp3) is 0.462. The van der Waals surface area contributed by atoms with Gasteiger partial charge in [0.1, 0.15) is 11.5 Å². The zero-order chi connectivity index (χ0) is 23.3. The lowest BCUT2D eigenvalue weighted by atomic mass is 10.0. The molecule has 1 aliphatic heterocycles. The van der Waals surface area contributed by atoms with Gasteiger partial charge in [-0.25, -0.2) is 0 Å². The van der Waals surface area contributed by atoms with E-state index in [4.69, 9.17) is 9.47 Å². The Morgan fingerprint density at radius 3 is 2.19 bits per heavy atom. The van der Waals surface area contributed by atoms with Gasteiger partial charge in [0, 0.05) is 26.2 Å². The first kappa shape index (κ1) is 23.6. The van der Waals surface area contributed by atoms with Crippen LogP contribution in [0.25, 0.3) is 0 Å². The predicted octanol–water partition coefficient (Wildman–Crippen LogP) is 3.94. The van der Waals surface area contributed by atoms with E-state index < -0.39 is 6.10 Å². The largest absolute Gasteiger partial charge is 0.483 e. The summed E-state index contributed by atoms with van der Waals surface area (Å²) in [5.41, 5.74) is 3.27. The summed E-state index contributed by atoms with van der Waals surface area (Å²) in [6, 6.07) is 13.7. The van der Waals surface area contributed by atoms with Crippen molar-refractivity contribution in [2.24, 2.45) is 0 Å². The van der Waals surface area contributed by atoms with Gasteiger partial charge in [-0.1, -0.05) is 44.2 Å². The van der Waals surface area contributed by atoms with Crippen molar-refractivity contribution in [3.63, 3.8) is 0 Å². The van der Waals surface area contributed by atoms with Crippen molar-refractivity contribution in [3.8, 4) is 11.5 Å². The third-order valence-electron chi connectivity index (χ3n) is 6.04. The Labute approximate surface area is 191 Å². The number of piperazine rings is 1. The molecule has 1 unspecified atom stereocenters. The van der Waals surface area contributed by atoms with E-state index in [9.17, 15) is 9.59 Å². The molecule has 6 nitrogen and oxygen atoms in total. The summed E-state index contributed by atoms with van der Waals surface area (Å²) in [6.45, 7) is 12.0. The second-order valence-corrected chi connectivity index (χ2v) is 8.65. The Morgan fingerprint density at radius 1 is 0.875 bits per heavy atom. The van der Waals surface area contributed by atoms with Gasteiger partial charge in [-0.3, -0.25) is 9.59 Å². The van der Waals surface area contributed by atoms with Gasteiger partial charge in [0.15, 0.2) is 12.7 Å². The third-order valence-corrected chi connectivity index (χ3v) is 6.04. The quantitative estimate of drug-likeness (QED) is 0.657. The summed E-state index contributed by atoms with van der Waals surface area (Å²) in [4.78, 5) is 29.0. The number of rotatable bonds is 7. The molecule has 1 aliphatic rings. The van der Waals surface area contributed by atoms with Gasteiger partial charge in [0.2, 0.25) is 0 Å². The zero-order valence-electron chi connectivity index (χ0n) is 19.8. The molecular weight excluding hydrogens is 404 g/mol. The topological polar surface area (TPSA) is 59.1 Å². The normalized spacial score (nSPS) is 14.9. The molecule has 1 atom stereocenters. The number of amides is 2. The molecule has 3 rings (SSSR count). The van der Waals surface area contributed by atoms with E-state index in [1.54, 1.807) is 16.7 Å². The van der Waals surface area contributed by atoms with Crippen molar-refractivity contribution >= 4 is 11.8 Å². The van der Waals surface area contributed by atoms with Crippen LogP contribution < -0.4 is 9.47 Å². The summed E-state index contributed by atoms with van der Waals surface area (Å²) in [7, 11) is 0. The fourth-order valence-corrected chi connectivity index (χ4v) is 3.85. The molecule has 2 aromatic carbocycles. The van der Waals surface area contributed by atoms with Gasteiger partial charge < -0.3 is 19.3 Å². The van der Waals surface area contributed by atoms with E-state index in [0.717, 1.165) is 28.2 Å². The van der Waals surface area contributed by atoms with Crippen molar-refractivity contribution in [3.05, 3.63) is 59.2 Å². The number of benzene rings is 2. The monoisotopic (exact) mass is 438 g/mol. The number of hydrogen-bond donors (Lipinski definition) is 0. The maximum atomic E-state index is 12.9. The van der Waals surface area contributed by atoms with Crippen LogP contribution in [-0.2, 0) is 9.59 Å². The van der Waals surface area contributed by atoms with Crippen LogP contribution in [-0.4, -0.2) is 60.5 Å². The van der Waals surface area contributed by atoms with Crippen LogP contribution in [0.15, 0.2) is 42.5 Å². The molecule has 0 spiro atoms. The van der Waals surface area contributed by atoms with Crippen LogP contribution in [0.4, 0.5) is 0 Å². The average molecular weight is 439 g/mol. The van der Waals surface area contributed by atoms with E-state index in [2.05, 4.69) is 13.8 Å². The smallest absolute Gasteiger partial charge is 0.263 e. The summed E-state index contributed by atoms with van der Waals surface area (Å²) in [5, 5.41) is 0. The van der Waals surface area contributed by atoms with Crippen LogP contribution in [0.5, 0.6) is 11.5 Å². The van der Waals surface area contributed by atoms with Crippen molar-refractivity contribution in [2.75, 3.05) is 32.8 Å². The Hall–Kier alpha value is -3.02. The molecule has 0 saturated carbocycles. The second-order valence-electron chi connectivity index (χ2n) is 8.65. The lowest BCUT2D eigenvalue weighted by molar-refractivity contribution is -0.144. The Bertz CT molecular complexity index is 949. The zero-order valence-corrected chi connectivity index (χ0v) is 19.8. The molecule has 172 valence electrons. The SMILES string of the molecule is Cc1cccc(OCC(=O)N2CCN(C(=O)C(C)Oc3ccccc3C(C)C)CC2)c1C.